The van der Waals surface area contributed by atoms with Crippen molar-refractivity contribution in [3.63, 3.8) is 0 Å². The summed E-state index contributed by atoms with van der Waals surface area (Å²) in [6.07, 6.45) is 3.95. The zero-order valence-corrected chi connectivity index (χ0v) is 9.87. The third-order valence-corrected chi connectivity index (χ3v) is 3.01. The summed E-state index contributed by atoms with van der Waals surface area (Å²) in [5.74, 6) is -0.0395. The Balaban J connectivity index is 1.72. The molecule has 3 rings (SSSR count). The molecule has 1 aliphatic rings. The minimum absolute atomic E-state index is 0.0395. The monoisotopic (exact) mass is 242 g/mol. The topological polar surface area (TPSA) is 43.3 Å². The molecular formula is C14H14N2O2. The molecule has 1 aliphatic heterocycles. The lowest BCUT2D eigenvalue weighted by atomic mass is 10.1. The smallest absolute Gasteiger partial charge is 0.251 e. The van der Waals surface area contributed by atoms with Crippen LogP contribution in [0.3, 0.4) is 0 Å². The summed E-state index contributed by atoms with van der Waals surface area (Å²) in [6.45, 7) is 1.24. The van der Waals surface area contributed by atoms with Gasteiger partial charge < -0.3 is 14.6 Å². The molecule has 1 aromatic carbocycles. The van der Waals surface area contributed by atoms with E-state index in [2.05, 4.69) is 5.32 Å². The van der Waals surface area contributed by atoms with E-state index in [9.17, 15) is 4.79 Å². The molecule has 1 fully saturated rings. The highest BCUT2D eigenvalue weighted by atomic mass is 16.5. The van der Waals surface area contributed by atoms with Crippen molar-refractivity contribution in [3.05, 3.63) is 54.4 Å². The van der Waals surface area contributed by atoms with Gasteiger partial charge in [0.2, 0.25) is 0 Å². The molecule has 4 nitrogen and oxygen atoms in total. The molecule has 92 valence electrons. The Hall–Kier alpha value is -2.07. The number of carbonyl (C=O) groups excluding carboxylic acids is 1. The molecule has 1 saturated heterocycles. The maximum absolute atomic E-state index is 11.9. The van der Waals surface area contributed by atoms with E-state index in [1.54, 1.807) is 0 Å². The summed E-state index contributed by atoms with van der Waals surface area (Å²) in [5, 5.41) is 2.92. The molecular weight excluding hydrogens is 228 g/mol. The summed E-state index contributed by atoms with van der Waals surface area (Å²) >= 11 is 0. The highest BCUT2D eigenvalue weighted by Gasteiger charge is 2.20. The fourth-order valence-electron chi connectivity index (χ4n) is 1.88. The maximum atomic E-state index is 11.9. The number of benzene rings is 1. The first-order valence-electron chi connectivity index (χ1n) is 5.95. The molecule has 1 amide bonds. The maximum Gasteiger partial charge on any atom is 0.251 e. The van der Waals surface area contributed by atoms with Gasteiger partial charge >= 0.3 is 0 Å². The van der Waals surface area contributed by atoms with Crippen LogP contribution in [0.15, 0.2) is 48.8 Å². The second kappa shape index (κ2) is 4.66. The van der Waals surface area contributed by atoms with Crippen LogP contribution in [0.5, 0.6) is 0 Å². The Kier molecular flexibility index (Phi) is 2.86. The van der Waals surface area contributed by atoms with Crippen molar-refractivity contribution in [1.82, 2.24) is 9.88 Å². The highest BCUT2D eigenvalue weighted by molar-refractivity contribution is 5.94. The van der Waals surface area contributed by atoms with E-state index in [0.717, 1.165) is 5.69 Å². The van der Waals surface area contributed by atoms with E-state index in [0.29, 0.717) is 18.8 Å². The van der Waals surface area contributed by atoms with E-state index in [-0.39, 0.29) is 11.9 Å². The predicted molar refractivity (Wildman–Crippen MR) is 67.8 cm³/mol. The lowest BCUT2D eigenvalue weighted by Crippen LogP contribution is -2.48. The number of hydrogen-bond donors (Lipinski definition) is 1. The molecule has 0 atom stereocenters. The van der Waals surface area contributed by atoms with Crippen molar-refractivity contribution in [3.8, 4) is 5.69 Å². The Bertz CT molecular complexity index is 527. The zero-order chi connectivity index (χ0) is 12.4. The van der Waals surface area contributed by atoms with Crippen LogP contribution in [0, 0.1) is 0 Å². The molecule has 4 heteroatoms. The summed E-state index contributed by atoms with van der Waals surface area (Å²) < 4.78 is 7.02. The Morgan fingerprint density at radius 1 is 1.17 bits per heavy atom. The first-order chi connectivity index (χ1) is 8.83. The molecule has 0 aliphatic carbocycles. The standard InChI is InChI=1S/C14H14N2O2/c17-14(15-12-9-18-10-12)11-3-5-13(6-4-11)16-7-1-2-8-16/h1-8,12H,9-10H2,(H,15,17). The molecule has 0 saturated carbocycles. The van der Waals surface area contributed by atoms with Crippen molar-refractivity contribution in [2.45, 2.75) is 6.04 Å². The summed E-state index contributed by atoms with van der Waals surface area (Å²) in [7, 11) is 0. The van der Waals surface area contributed by atoms with Crippen LogP contribution in [-0.4, -0.2) is 29.7 Å². The van der Waals surface area contributed by atoms with E-state index < -0.39 is 0 Å². The van der Waals surface area contributed by atoms with Crippen LogP contribution in [0.1, 0.15) is 10.4 Å². The molecule has 1 aromatic heterocycles. The van der Waals surface area contributed by atoms with Gasteiger partial charge in [-0.1, -0.05) is 0 Å². The molecule has 2 aromatic rings. The number of rotatable bonds is 3. The minimum atomic E-state index is -0.0395. The highest BCUT2D eigenvalue weighted by Crippen LogP contribution is 2.10. The van der Waals surface area contributed by atoms with Crippen LogP contribution in [0.25, 0.3) is 5.69 Å². The minimum Gasteiger partial charge on any atom is -0.377 e. The molecule has 0 radical (unpaired) electrons. The van der Waals surface area contributed by atoms with Gasteiger partial charge in [-0.3, -0.25) is 4.79 Å². The van der Waals surface area contributed by atoms with E-state index >= 15 is 0 Å². The van der Waals surface area contributed by atoms with Crippen molar-refractivity contribution in [2.75, 3.05) is 13.2 Å². The van der Waals surface area contributed by atoms with Crippen LogP contribution in [0.4, 0.5) is 0 Å². The van der Waals surface area contributed by atoms with Gasteiger partial charge in [-0.05, 0) is 36.4 Å². The first-order valence-corrected chi connectivity index (χ1v) is 5.95. The molecule has 2 heterocycles. The average Bonchev–Trinajstić information content (AvgIpc) is 2.87. The second-order valence-electron chi connectivity index (χ2n) is 4.35. The average molecular weight is 242 g/mol. The molecule has 0 spiro atoms. The fraction of sp³-hybridized carbons (Fsp3) is 0.214. The van der Waals surface area contributed by atoms with E-state index in [4.69, 9.17) is 4.74 Å². The largest absolute Gasteiger partial charge is 0.377 e. The Labute approximate surface area is 105 Å². The normalized spacial score (nSPS) is 15.1. The quantitative estimate of drug-likeness (QED) is 0.888. The van der Waals surface area contributed by atoms with Crippen molar-refractivity contribution >= 4 is 5.91 Å². The number of nitrogens with zero attached hydrogens (tertiary/aromatic N) is 1. The third-order valence-electron chi connectivity index (χ3n) is 3.01. The van der Waals surface area contributed by atoms with Gasteiger partial charge in [0.25, 0.3) is 5.91 Å². The van der Waals surface area contributed by atoms with E-state index in [1.807, 2.05) is 53.4 Å². The van der Waals surface area contributed by atoms with Crippen LogP contribution < -0.4 is 5.32 Å². The number of nitrogens with one attached hydrogen (secondary N) is 1. The first kappa shape index (κ1) is 11.0. The lowest BCUT2D eigenvalue weighted by Gasteiger charge is -2.26. The zero-order valence-electron chi connectivity index (χ0n) is 9.87. The second-order valence-corrected chi connectivity index (χ2v) is 4.35. The summed E-state index contributed by atoms with van der Waals surface area (Å²) in [5.41, 5.74) is 1.72. The van der Waals surface area contributed by atoms with Gasteiger partial charge in [0.15, 0.2) is 0 Å². The predicted octanol–water partition coefficient (Wildman–Crippen LogP) is 1.61. The number of aromatic nitrogens is 1. The van der Waals surface area contributed by atoms with E-state index in [1.165, 1.54) is 0 Å². The molecule has 0 bridgehead atoms. The van der Waals surface area contributed by atoms with Crippen LogP contribution in [-0.2, 0) is 4.74 Å². The SMILES string of the molecule is O=C(NC1COC1)c1ccc(-n2cccc2)cc1. The van der Waals surface area contributed by atoms with Gasteiger partial charge in [-0.2, -0.15) is 0 Å². The Morgan fingerprint density at radius 2 is 1.83 bits per heavy atom. The van der Waals surface area contributed by atoms with Crippen LogP contribution in [0.2, 0.25) is 0 Å². The van der Waals surface area contributed by atoms with Gasteiger partial charge in [-0.25, -0.2) is 0 Å². The number of amides is 1. The van der Waals surface area contributed by atoms with Crippen molar-refractivity contribution in [2.24, 2.45) is 0 Å². The lowest BCUT2D eigenvalue weighted by molar-refractivity contribution is -0.00346. The fourth-order valence-corrected chi connectivity index (χ4v) is 1.88. The number of hydrogen-bond acceptors (Lipinski definition) is 2. The molecule has 1 N–H and O–H groups in total. The van der Waals surface area contributed by atoms with Crippen LogP contribution >= 0.6 is 0 Å². The van der Waals surface area contributed by atoms with Crippen molar-refractivity contribution < 1.29 is 9.53 Å². The molecule has 18 heavy (non-hydrogen) atoms. The van der Waals surface area contributed by atoms with Gasteiger partial charge in [0.05, 0.1) is 19.3 Å². The number of ether oxygens (including phenoxy) is 1. The van der Waals surface area contributed by atoms with Gasteiger partial charge in [-0.15, -0.1) is 0 Å². The molecule has 0 unspecified atom stereocenters. The summed E-state index contributed by atoms with van der Waals surface area (Å²) in [4.78, 5) is 11.9. The number of carbonyl (C=O) groups is 1. The van der Waals surface area contributed by atoms with Crippen molar-refractivity contribution in [1.29, 1.82) is 0 Å². The summed E-state index contributed by atoms with van der Waals surface area (Å²) in [6, 6.07) is 11.7. The van der Waals surface area contributed by atoms with Gasteiger partial charge in [0.1, 0.15) is 0 Å². The van der Waals surface area contributed by atoms with Gasteiger partial charge in [0, 0.05) is 23.6 Å². The Morgan fingerprint density at radius 3 is 2.39 bits per heavy atom. The third kappa shape index (κ3) is 2.15.